The Balaban J connectivity index is 1.67. The minimum Gasteiger partial charge on any atom is -0.353 e. The second kappa shape index (κ2) is 8.57. The Labute approximate surface area is 201 Å². The number of nitrogens with one attached hydrogen (secondary N) is 2. The summed E-state index contributed by atoms with van der Waals surface area (Å²) in [5.41, 5.74) is 5.21. The zero-order valence-corrected chi connectivity index (χ0v) is 19.0. The maximum Gasteiger partial charge on any atom is 0.263 e. The first-order chi connectivity index (χ1) is 16.0. The summed E-state index contributed by atoms with van der Waals surface area (Å²) in [4.78, 5) is 16.8. The van der Waals surface area contributed by atoms with Gasteiger partial charge in [0.05, 0.1) is 4.91 Å². The number of nitrogens with zero attached hydrogens (tertiary/aromatic N) is 2. The summed E-state index contributed by atoms with van der Waals surface area (Å²) in [5.74, 6) is -2.17. The Morgan fingerprint density at radius 3 is 1.82 bits per heavy atom. The molecular formula is C25H20N4O2S2. The molecule has 6 nitrogen and oxygen atoms in total. The molecule has 0 spiro atoms. The van der Waals surface area contributed by atoms with Gasteiger partial charge in [-0.15, -0.1) is 0 Å². The molecule has 2 aliphatic rings. The molecule has 3 aromatic rings. The Morgan fingerprint density at radius 2 is 1.39 bits per heavy atom. The van der Waals surface area contributed by atoms with Crippen LogP contribution in [-0.2, 0) is 10.3 Å². The van der Waals surface area contributed by atoms with Gasteiger partial charge in [0.25, 0.3) is 11.8 Å². The molecule has 33 heavy (non-hydrogen) atoms. The summed E-state index contributed by atoms with van der Waals surface area (Å²) in [6.45, 7) is 0. The van der Waals surface area contributed by atoms with E-state index in [-0.39, 0.29) is 5.91 Å². The number of benzene rings is 3. The van der Waals surface area contributed by atoms with Crippen molar-refractivity contribution in [2.24, 2.45) is 4.99 Å². The van der Waals surface area contributed by atoms with Crippen LogP contribution in [-0.4, -0.2) is 32.5 Å². The van der Waals surface area contributed by atoms with Gasteiger partial charge in [-0.3, -0.25) is 9.80 Å². The van der Waals surface area contributed by atoms with Gasteiger partial charge < -0.3 is 10.4 Å². The molecule has 2 heterocycles. The fourth-order valence-corrected chi connectivity index (χ4v) is 5.25. The van der Waals surface area contributed by atoms with Gasteiger partial charge in [0.15, 0.2) is 0 Å². The summed E-state index contributed by atoms with van der Waals surface area (Å²) in [6.07, 6.45) is 2.95. The second-order valence-electron chi connectivity index (χ2n) is 7.61. The van der Waals surface area contributed by atoms with Gasteiger partial charge in [-0.05, 0) is 16.7 Å². The fourth-order valence-electron chi connectivity index (χ4n) is 4.18. The van der Waals surface area contributed by atoms with Gasteiger partial charge in [0.2, 0.25) is 0 Å². The maximum absolute atomic E-state index is 12.2. The predicted octanol–water partition coefficient (Wildman–Crippen LogP) is 3.50. The van der Waals surface area contributed by atoms with Crippen molar-refractivity contribution in [3.63, 3.8) is 0 Å². The standard InChI is InChI=1S/C25H20N4O2S2/c30-22-21(33-23(32)27-22)16-24(31)26-17-29(28-24)25(18-10-4-1-5-11-18,19-12-6-2-7-13-19)20-14-8-3-9-15-20/h1-17,28,31H,(H,27,30,32). The zero-order valence-electron chi connectivity index (χ0n) is 17.4. The number of rotatable bonds is 5. The largest absolute Gasteiger partial charge is 0.353 e. The summed E-state index contributed by atoms with van der Waals surface area (Å²) in [5, 5.41) is 15.6. The highest BCUT2D eigenvalue weighted by Crippen LogP contribution is 2.42. The zero-order chi connectivity index (χ0) is 22.9. The third-order valence-electron chi connectivity index (χ3n) is 5.57. The van der Waals surface area contributed by atoms with E-state index in [0.717, 1.165) is 28.5 Å². The van der Waals surface area contributed by atoms with Gasteiger partial charge in [-0.1, -0.05) is 115 Å². The molecule has 1 fully saturated rings. The average Bonchev–Trinajstić information content (AvgIpc) is 3.37. The van der Waals surface area contributed by atoms with E-state index in [9.17, 15) is 9.90 Å². The molecule has 1 amide bonds. The van der Waals surface area contributed by atoms with E-state index < -0.39 is 11.4 Å². The van der Waals surface area contributed by atoms with Crippen LogP contribution in [0, 0.1) is 0 Å². The van der Waals surface area contributed by atoms with Crippen LogP contribution >= 0.6 is 24.0 Å². The lowest BCUT2D eigenvalue weighted by molar-refractivity contribution is -0.115. The molecule has 8 heteroatoms. The van der Waals surface area contributed by atoms with Crippen LogP contribution in [0.25, 0.3) is 0 Å². The smallest absolute Gasteiger partial charge is 0.263 e. The number of aliphatic imine (C=N–C) groups is 1. The fraction of sp³-hybridized carbons (Fsp3) is 0.0800. The average molecular weight is 473 g/mol. The number of aliphatic hydroxyl groups is 1. The molecule has 2 aliphatic heterocycles. The highest BCUT2D eigenvalue weighted by molar-refractivity contribution is 8.26. The number of carbonyl (C=O) groups excluding carboxylic acids is 1. The normalized spacial score (nSPS) is 21.6. The molecule has 1 atom stereocenters. The molecule has 164 valence electrons. The minimum atomic E-state index is -1.82. The topological polar surface area (TPSA) is 77.0 Å². The van der Waals surface area contributed by atoms with E-state index >= 15 is 0 Å². The Bertz CT molecular complexity index is 1150. The van der Waals surface area contributed by atoms with E-state index in [1.807, 2.05) is 91.0 Å². The summed E-state index contributed by atoms with van der Waals surface area (Å²) in [6, 6.07) is 30.1. The third-order valence-corrected chi connectivity index (χ3v) is 6.73. The molecule has 5 rings (SSSR count). The molecule has 0 saturated carbocycles. The lowest BCUT2D eigenvalue weighted by Gasteiger charge is -2.43. The van der Waals surface area contributed by atoms with E-state index in [0.29, 0.717) is 9.23 Å². The molecule has 0 radical (unpaired) electrons. The Hall–Kier alpha value is -3.30. The molecule has 0 aromatic heterocycles. The monoisotopic (exact) mass is 472 g/mol. The summed E-state index contributed by atoms with van der Waals surface area (Å²) in [7, 11) is 0. The van der Waals surface area contributed by atoms with Crippen molar-refractivity contribution in [2.75, 3.05) is 0 Å². The van der Waals surface area contributed by atoms with Crippen molar-refractivity contribution in [1.29, 1.82) is 0 Å². The molecule has 0 aliphatic carbocycles. The molecule has 0 bridgehead atoms. The molecule has 1 saturated heterocycles. The Kier molecular flexibility index (Phi) is 5.59. The van der Waals surface area contributed by atoms with Gasteiger partial charge in [0.1, 0.15) is 16.2 Å². The van der Waals surface area contributed by atoms with Crippen LogP contribution in [0.5, 0.6) is 0 Å². The quantitative estimate of drug-likeness (QED) is 0.300. The van der Waals surface area contributed by atoms with Crippen molar-refractivity contribution in [3.05, 3.63) is 119 Å². The highest BCUT2D eigenvalue weighted by atomic mass is 32.2. The SMILES string of the molecule is O=C1NC(=S)SC1=CC1(O)N=CN(C(c2ccccc2)(c2ccccc2)c2ccccc2)N1. The van der Waals surface area contributed by atoms with E-state index in [1.54, 1.807) is 11.3 Å². The molecule has 3 N–H and O–H groups in total. The van der Waals surface area contributed by atoms with Crippen LogP contribution in [0.1, 0.15) is 16.7 Å². The number of hydrogen-bond acceptors (Lipinski definition) is 7. The number of thioether (sulfide) groups is 1. The van der Waals surface area contributed by atoms with Crippen molar-refractivity contribution in [3.8, 4) is 0 Å². The first kappa shape index (κ1) is 21.5. The third kappa shape index (κ3) is 3.87. The highest BCUT2D eigenvalue weighted by Gasteiger charge is 2.47. The summed E-state index contributed by atoms with van der Waals surface area (Å²) >= 11 is 6.16. The van der Waals surface area contributed by atoms with Gasteiger partial charge in [0, 0.05) is 6.08 Å². The second-order valence-corrected chi connectivity index (χ2v) is 9.33. The van der Waals surface area contributed by atoms with Crippen LogP contribution in [0.2, 0.25) is 0 Å². The molecule has 1 unspecified atom stereocenters. The van der Waals surface area contributed by atoms with Crippen LogP contribution in [0.15, 0.2) is 107 Å². The van der Waals surface area contributed by atoms with Gasteiger partial charge >= 0.3 is 0 Å². The Morgan fingerprint density at radius 1 is 0.909 bits per heavy atom. The number of hydrazine groups is 1. The predicted molar refractivity (Wildman–Crippen MR) is 134 cm³/mol. The number of carbonyl (C=O) groups is 1. The van der Waals surface area contributed by atoms with Crippen LogP contribution < -0.4 is 10.7 Å². The first-order valence-electron chi connectivity index (χ1n) is 10.3. The first-order valence-corrected chi connectivity index (χ1v) is 11.5. The number of amides is 1. The van der Waals surface area contributed by atoms with E-state index in [4.69, 9.17) is 12.2 Å². The summed E-state index contributed by atoms with van der Waals surface area (Å²) < 4.78 is 0.348. The van der Waals surface area contributed by atoms with E-state index in [2.05, 4.69) is 15.7 Å². The molecular weight excluding hydrogens is 452 g/mol. The van der Waals surface area contributed by atoms with Crippen molar-refractivity contribution >= 4 is 40.5 Å². The van der Waals surface area contributed by atoms with Crippen molar-refractivity contribution in [1.82, 2.24) is 15.8 Å². The number of hydrogen-bond donors (Lipinski definition) is 3. The van der Waals surface area contributed by atoms with Gasteiger partial charge in [-0.25, -0.2) is 4.99 Å². The van der Waals surface area contributed by atoms with Crippen LogP contribution in [0.3, 0.4) is 0 Å². The van der Waals surface area contributed by atoms with Crippen LogP contribution in [0.4, 0.5) is 0 Å². The van der Waals surface area contributed by atoms with E-state index in [1.165, 1.54) is 6.08 Å². The van der Waals surface area contributed by atoms with Gasteiger partial charge in [-0.2, -0.15) is 5.43 Å². The molecule has 3 aromatic carbocycles. The number of thiocarbonyl (C=S) groups is 1. The lowest BCUT2D eigenvalue weighted by Crippen LogP contribution is -2.56. The lowest BCUT2D eigenvalue weighted by atomic mass is 9.76. The minimum absolute atomic E-state index is 0.290. The van der Waals surface area contributed by atoms with Crippen molar-refractivity contribution < 1.29 is 9.90 Å². The van der Waals surface area contributed by atoms with Crippen molar-refractivity contribution in [2.45, 2.75) is 11.4 Å². The maximum atomic E-state index is 12.2.